The Bertz CT molecular complexity index is 2720. The highest BCUT2D eigenvalue weighted by Crippen LogP contribution is 2.43. The van der Waals surface area contributed by atoms with E-state index < -0.39 is 0 Å². The first kappa shape index (κ1) is 26.1. The highest BCUT2D eigenvalue weighted by molar-refractivity contribution is 6.17. The van der Waals surface area contributed by atoms with E-state index in [0.717, 1.165) is 33.9 Å². The maximum atomic E-state index is 5.20. The lowest BCUT2D eigenvalue weighted by Crippen LogP contribution is -2.01. The molecular weight excluding hydrogens is 571 g/mol. The number of rotatable bonds is 3. The van der Waals surface area contributed by atoms with Crippen LogP contribution in [0.1, 0.15) is 11.1 Å². The zero-order chi connectivity index (χ0) is 30.9. The van der Waals surface area contributed by atoms with Crippen molar-refractivity contribution in [3.63, 3.8) is 0 Å². The average Bonchev–Trinajstić information content (AvgIpc) is 3.53. The van der Waals surface area contributed by atoms with Gasteiger partial charge in [0, 0.05) is 16.7 Å². The lowest BCUT2D eigenvalue weighted by atomic mass is 9.96. The molecule has 0 saturated carbocycles. The van der Waals surface area contributed by atoms with Crippen molar-refractivity contribution in [3.05, 3.63) is 163 Å². The van der Waals surface area contributed by atoms with Crippen molar-refractivity contribution in [2.75, 3.05) is 0 Å². The van der Waals surface area contributed by atoms with Crippen LogP contribution in [0.15, 0.2) is 152 Å². The fraction of sp³-hybridized carbons (Fsp3) is 0.0227. The lowest BCUT2D eigenvalue weighted by Gasteiger charge is -2.13. The molecule has 8 aromatic carbocycles. The lowest BCUT2D eigenvalue weighted by molar-refractivity contribution is 1.07. The number of aromatic nitrogens is 3. The van der Waals surface area contributed by atoms with Crippen molar-refractivity contribution in [1.29, 1.82) is 0 Å². The molecule has 1 heterocycles. The molecule has 0 radical (unpaired) electrons. The largest absolute Gasteiger partial charge is 0.208 e. The molecule has 0 amide bonds. The van der Waals surface area contributed by atoms with Crippen molar-refractivity contribution in [3.8, 4) is 45.3 Å². The third-order valence-corrected chi connectivity index (χ3v) is 9.70. The fourth-order valence-corrected chi connectivity index (χ4v) is 7.43. The van der Waals surface area contributed by atoms with E-state index in [9.17, 15) is 0 Å². The van der Waals surface area contributed by atoms with Crippen LogP contribution in [-0.2, 0) is 6.42 Å². The second kappa shape index (κ2) is 10.2. The van der Waals surface area contributed by atoms with Gasteiger partial charge in [0.15, 0.2) is 17.5 Å². The molecule has 0 spiro atoms. The fourth-order valence-electron chi connectivity index (χ4n) is 7.43. The van der Waals surface area contributed by atoms with Gasteiger partial charge >= 0.3 is 0 Å². The van der Waals surface area contributed by atoms with E-state index in [4.69, 9.17) is 15.0 Å². The van der Waals surface area contributed by atoms with Crippen molar-refractivity contribution in [1.82, 2.24) is 15.0 Å². The molecule has 0 saturated heterocycles. The molecule has 1 aliphatic rings. The third-order valence-electron chi connectivity index (χ3n) is 9.70. The summed E-state index contributed by atoms with van der Waals surface area (Å²) in [5.74, 6) is 2.03. The van der Waals surface area contributed by atoms with Gasteiger partial charge in [0.25, 0.3) is 0 Å². The smallest absolute Gasteiger partial charge is 0.164 e. The molecule has 0 fully saturated rings. The molecule has 0 atom stereocenters. The highest BCUT2D eigenvalue weighted by atomic mass is 15.0. The van der Waals surface area contributed by atoms with Crippen molar-refractivity contribution >= 4 is 43.1 Å². The minimum Gasteiger partial charge on any atom is -0.208 e. The van der Waals surface area contributed by atoms with Crippen LogP contribution in [0.25, 0.3) is 88.4 Å². The average molecular weight is 598 g/mol. The molecule has 0 unspecified atom stereocenters. The van der Waals surface area contributed by atoms with Crippen LogP contribution in [0, 0.1) is 0 Å². The first-order valence-electron chi connectivity index (χ1n) is 16.1. The Morgan fingerprint density at radius 1 is 0.340 bits per heavy atom. The van der Waals surface area contributed by atoms with Crippen LogP contribution < -0.4 is 0 Å². The molecule has 3 nitrogen and oxygen atoms in total. The van der Waals surface area contributed by atoms with Gasteiger partial charge < -0.3 is 0 Å². The van der Waals surface area contributed by atoms with Gasteiger partial charge in [0.2, 0.25) is 0 Å². The summed E-state index contributed by atoms with van der Waals surface area (Å²) < 4.78 is 0. The summed E-state index contributed by atoms with van der Waals surface area (Å²) in [7, 11) is 0. The van der Waals surface area contributed by atoms with Crippen molar-refractivity contribution in [2.45, 2.75) is 6.42 Å². The van der Waals surface area contributed by atoms with Gasteiger partial charge in [-0.1, -0.05) is 140 Å². The minimum atomic E-state index is 0.669. The summed E-state index contributed by atoms with van der Waals surface area (Å²) in [4.78, 5) is 15.5. The van der Waals surface area contributed by atoms with Gasteiger partial charge in [0.05, 0.1) is 0 Å². The summed E-state index contributed by atoms with van der Waals surface area (Å²) >= 11 is 0. The van der Waals surface area contributed by atoms with Gasteiger partial charge in [-0.3, -0.25) is 0 Å². The normalized spacial score (nSPS) is 12.2. The topological polar surface area (TPSA) is 38.7 Å². The number of nitrogens with zero attached hydrogens (tertiary/aromatic N) is 3. The standard InChI is InChI=1S/C44H27N3/c1-2-10-29-24-33(17-16-27(29)8-1)42-45-43(47-44(46-42)40-15-7-12-32-25-30-11-4-6-14-37(30)41(32)40)34-20-21-36-31(26-34)19-23-38-35-13-5-3-9-28(35)18-22-39(36)38/h1-24,26H,25H2. The van der Waals surface area contributed by atoms with E-state index in [0.29, 0.717) is 17.5 Å². The predicted molar refractivity (Wildman–Crippen MR) is 194 cm³/mol. The molecule has 0 bridgehead atoms. The van der Waals surface area contributed by atoms with Crippen LogP contribution in [0.4, 0.5) is 0 Å². The summed E-state index contributed by atoms with van der Waals surface area (Å²) in [5.41, 5.74) is 8.12. The molecule has 1 aromatic heterocycles. The second-order valence-corrected chi connectivity index (χ2v) is 12.4. The van der Waals surface area contributed by atoms with Gasteiger partial charge in [-0.05, 0) is 83.9 Å². The first-order valence-corrected chi connectivity index (χ1v) is 16.1. The molecule has 9 aromatic rings. The Balaban J connectivity index is 1.19. The zero-order valence-corrected chi connectivity index (χ0v) is 25.5. The highest BCUT2D eigenvalue weighted by Gasteiger charge is 2.24. The summed E-state index contributed by atoms with van der Waals surface area (Å²) in [5, 5.41) is 9.78. The van der Waals surface area contributed by atoms with Crippen molar-refractivity contribution in [2.24, 2.45) is 0 Å². The van der Waals surface area contributed by atoms with Crippen LogP contribution in [-0.4, -0.2) is 15.0 Å². The molecule has 3 heteroatoms. The maximum Gasteiger partial charge on any atom is 0.164 e. The van der Waals surface area contributed by atoms with Gasteiger partial charge in [0.1, 0.15) is 0 Å². The van der Waals surface area contributed by atoms with Crippen LogP contribution in [0.3, 0.4) is 0 Å². The van der Waals surface area contributed by atoms with E-state index in [2.05, 4.69) is 152 Å². The van der Waals surface area contributed by atoms with Gasteiger partial charge in [-0.2, -0.15) is 0 Å². The number of fused-ring (bicyclic) bond motifs is 9. The van der Waals surface area contributed by atoms with Gasteiger partial charge in [-0.25, -0.2) is 15.0 Å². The second-order valence-electron chi connectivity index (χ2n) is 12.4. The van der Waals surface area contributed by atoms with E-state index in [-0.39, 0.29) is 0 Å². The Morgan fingerprint density at radius 3 is 1.74 bits per heavy atom. The van der Waals surface area contributed by atoms with Crippen LogP contribution in [0.5, 0.6) is 0 Å². The summed E-state index contributed by atoms with van der Waals surface area (Å²) in [6.07, 6.45) is 0.919. The van der Waals surface area contributed by atoms with E-state index in [1.54, 1.807) is 0 Å². The molecule has 47 heavy (non-hydrogen) atoms. The van der Waals surface area contributed by atoms with E-state index >= 15 is 0 Å². The van der Waals surface area contributed by atoms with Crippen LogP contribution >= 0.6 is 0 Å². The zero-order valence-electron chi connectivity index (χ0n) is 25.5. The molecule has 1 aliphatic carbocycles. The number of benzene rings is 8. The Morgan fingerprint density at radius 2 is 0.894 bits per heavy atom. The number of hydrogen-bond acceptors (Lipinski definition) is 3. The molecule has 0 aliphatic heterocycles. The monoisotopic (exact) mass is 597 g/mol. The van der Waals surface area contributed by atoms with E-state index in [1.165, 1.54) is 54.6 Å². The molecule has 0 N–H and O–H groups in total. The quantitative estimate of drug-likeness (QED) is 0.190. The maximum absolute atomic E-state index is 5.20. The Labute approximate surface area is 271 Å². The molecule has 218 valence electrons. The van der Waals surface area contributed by atoms with Gasteiger partial charge in [-0.15, -0.1) is 0 Å². The van der Waals surface area contributed by atoms with Crippen molar-refractivity contribution < 1.29 is 0 Å². The molecular formula is C44H27N3. The Hall–Kier alpha value is -6.19. The Kier molecular flexibility index (Phi) is 5.64. The first-order chi connectivity index (χ1) is 23.3. The van der Waals surface area contributed by atoms with Crippen LogP contribution in [0.2, 0.25) is 0 Å². The third kappa shape index (κ3) is 4.17. The minimum absolute atomic E-state index is 0.669. The van der Waals surface area contributed by atoms with E-state index in [1.807, 2.05) is 0 Å². The summed E-state index contributed by atoms with van der Waals surface area (Å²) in [6, 6.07) is 54.2. The molecule has 10 rings (SSSR count). The summed E-state index contributed by atoms with van der Waals surface area (Å²) in [6.45, 7) is 0. The SMILES string of the molecule is c1ccc2c(c1)Cc1cccc(-c3nc(-c4ccc5ccccc5c4)nc(-c4ccc5c(ccc6c7ccccc7ccc56)c4)n3)c1-2. The predicted octanol–water partition coefficient (Wildman–Crippen LogP) is 11.1. The number of hydrogen-bond donors (Lipinski definition) is 0.